The number of rotatable bonds is 6. The summed E-state index contributed by atoms with van der Waals surface area (Å²) in [6.07, 6.45) is 4.10. The van der Waals surface area contributed by atoms with Gasteiger partial charge in [-0.1, -0.05) is 17.7 Å². The van der Waals surface area contributed by atoms with E-state index in [-0.39, 0.29) is 12.4 Å². The van der Waals surface area contributed by atoms with Crippen LogP contribution in [0.3, 0.4) is 0 Å². The maximum Gasteiger partial charge on any atom is 0.333 e. The first-order chi connectivity index (χ1) is 12.4. The Morgan fingerprint density at radius 1 is 1.27 bits per heavy atom. The van der Waals surface area contributed by atoms with Crippen molar-refractivity contribution in [2.24, 2.45) is 0 Å². The highest BCUT2D eigenvalue weighted by Gasteiger charge is 2.18. The molecule has 0 aliphatic carbocycles. The van der Waals surface area contributed by atoms with Gasteiger partial charge in [0.2, 0.25) is 0 Å². The fraction of sp³-hybridized carbons (Fsp3) is 0.235. The molecule has 0 aliphatic heterocycles. The van der Waals surface area contributed by atoms with Crippen molar-refractivity contribution in [1.82, 2.24) is 19.6 Å². The normalized spacial score (nSPS) is 11.0. The minimum absolute atomic E-state index is 0.148. The smallest absolute Gasteiger partial charge is 0.333 e. The van der Waals surface area contributed by atoms with E-state index in [0.717, 1.165) is 23.1 Å². The number of carbonyl (C=O) groups excluding carboxylic acids is 1. The highest BCUT2D eigenvalue weighted by Crippen LogP contribution is 2.19. The molecule has 0 fully saturated rings. The molecule has 0 bridgehead atoms. The molecule has 1 N–H and O–H groups in total. The molecular formula is C17H17F2N5O2. The van der Waals surface area contributed by atoms with Crippen LogP contribution in [0.15, 0.2) is 42.9 Å². The van der Waals surface area contributed by atoms with Crippen LogP contribution in [-0.2, 0) is 6.73 Å². The van der Waals surface area contributed by atoms with Crippen molar-refractivity contribution >= 4 is 11.6 Å². The number of hydrogen-bond acceptors (Lipinski definition) is 4. The molecule has 3 aromatic rings. The second-order valence-corrected chi connectivity index (χ2v) is 5.70. The van der Waals surface area contributed by atoms with Crippen LogP contribution in [0.5, 0.6) is 5.75 Å². The number of alkyl halides is 2. The van der Waals surface area contributed by atoms with Crippen molar-refractivity contribution in [2.45, 2.75) is 27.1 Å². The van der Waals surface area contributed by atoms with E-state index in [2.05, 4.69) is 15.5 Å². The van der Waals surface area contributed by atoms with Gasteiger partial charge in [0, 0.05) is 6.20 Å². The number of aromatic nitrogens is 4. The molecule has 2 heterocycles. The summed E-state index contributed by atoms with van der Waals surface area (Å²) in [5.74, 6) is 0.0372. The zero-order valence-corrected chi connectivity index (χ0v) is 14.2. The Morgan fingerprint density at radius 2 is 2.08 bits per heavy atom. The van der Waals surface area contributed by atoms with Crippen molar-refractivity contribution in [1.29, 1.82) is 0 Å². The Hall–Kier alpha value is -3.23. The summed E-state index contributed by atoms with van der Waals surface area (Å²) in [7, 11) is 0. The first-order valence-electron chi connectivity index (χ1n) is 7.79. The third-order valence-electron chi connectivity index (χ3n) is 3.66. The van der Waals surface area contributed by atoms with E-state index in [4.69, 9.17) is 4.74 Å². The molecule has 0 spiro atoms. The van der Waals surface area contributed by atoms with Gasteiger partial charge in [0.05, 0.1) is 18.1 Å². The number of ether oxygens (including phenoxy) is 1. The fourth-order valence-corrected chi connectivity index (χ4v) is 2.44. The van der Waals surface area contributed by atoms with E-state index < -0.39 is 12.5 Å². The summed E-state index contributed by atoms with van der Waals surface area (Å²) in [5.41, 5.74) is 2.27. The lowest BCUT2D eigenvalue weighted by molar-refractivity contribution is 0.0520. The Morgan fingerprint density at radius 3 is 2.81 bits per heavy atom. The summed E-state index contributed by atoms with van der Waals surface area (Å²) in [6.45, 7) is 1.21. The lowest BCUT2D eigenvalue weighted by Gasteiger charge is -2.09. The zero-order valence-electron chi connectivity index (χ0n) is 14.2. The largest absolute Gasteiger partial charge is 0.471 e. The molecule has 26 heavy (non-hydrogen) atoms. The Bertz CT molecular complexity index is 920. The van der Waals surface area contributed by atoms with Crippen LogP contribution < -0.4 is 10.1 Å². The van der Waals surface area contributed by atoms with Crippen LogP contribution in [0.4, 0.5) is 14.5 Å². The van der Waals surface area contributed by atoms with Gasteiger partial charge < -0.3 is 10.1 Å². The second kappa shape index (κ2) is 7.34. The summed E-state index contributed by atoms with van der Waals surface area (Å²) >= 11 is 0. The molecule has 1 aromatic carbocycles. The predicted molar refractivity (Wildman–Crippen MR) is 90.2 cm³/mol. The van der Waals surface area contributed by atoms with Gasteiger partial charge in [-0.05, 0) is 31.5 Å². The van der Waals surface area contributed by atoms with E-state index in [9.17, 15) is 13.6 Å². The van der Waals surface area contributed by atoms with Gasteiger partial charge in [0.25, 0.3) is 5.91 Å². The van der Waals surface area contributed by atoms with Crippen LogP contribution in [0.25, 0.3) is 0 Å². The van der Waals surface area contributed by atoms with Gasteiger partial charge in [-0.3, -0.25) is 4.79 Å². The lowest BCUT2D eigenvalue weighted by atomic mass is 10.1. The number of nitrogens with one attached hydrogen (secondary N) is 1. The van der Waals surface area contributed by atoms with E-state index >= 15 is 0 Å². The molecule has 0 atom stereocenters. The maximum atomic E-state index is 12.8. The molecule has 0 saturated heterocycles. The summed E-state index contributed by atoms with van der Waals surface area (Å²) in [5, 5.41) is 10.0. The average Bonchev–Trinajstić information content (AvgIpc) is 3.23. The number of benzene rings is 1. The average molecular weight is 361 g/mol. The minimum atomic E-state index is -2.89. The standard InChI is InChI=1S/C17H17F2N5O2/c1-11-3-4-15(12(2)7-11)26-10-23-9-13(8-21-23)22-16(25)14-5-6-20-24(14)17(18)19/h3-9,17H,10H2,1-2H3,(H,22,25). The number of carbonyl (C=O) groups is 1. The van der Waals surface area contributed by atoms with Crippen LogP contribution in [0, 0.1) is 13.8 Å². The molecular weight excluding hydrogens is 344 g/mol. The molecule has 136 valence electrons. The van der Waals surface area contributed by atoms with Crippen LogP contribution in [0.1, 0.15) is 28.2 Å². The zero-order chi connectivity index (χ0) is 18.7. The first kappa shape index (κ1) is 17.6. The first-order valence-corrected chi connectivity index (χ1v) is 7.79. The SMILES string of the molecule is Cc1ccc(OCn2cc(NC(=O)c3ccnn3C(F)F)cn2)c(C)c1. The van der Waals surface area contributed by atoms with E-state index in [1.54, 1.807) is 6.20 Å². The fourth-order valence-electron chi connectivity index (χ4n) is 2.44. The van der Waals surface area contributed by atoms with Gasteiger partial charge >= 0.3 is 6.55 Å². The molecule has 0 aliphatic rings. The number of hydrogen-bond donors (Lipinski definition) is 1. The molecule has 3 rings (SSSR count). The van der Waals surface area contributed by atoms with Crippen molar-refractivity contribution in [3.05, 3.63) is 59.7 Å². The number of aryl methyl sites for hydroxylation is 2. The van der Waals surface area contributed by atoms with Gasteiger partial charge in [-0.15, -0.1) is 0 Å². The van der Waals surface area contributed by atoms with Crippen LogP contribution in [-0.4, -0.2) is 25.5 Å². The lowest BCUT2D eigenvalue weighted by Crippen LogP contribution is -2.18. The minimum Gasteiger partial charge on any atom is -0.471 e. The predicted octanol–water partition coefficient (Wildman–Crippen LogP) is 3.38. The number of halogens is 2. The summed E-state index contributed by atoms with van der Waals surface area (Å²) in [6, 6.07) is 7.05. The molecule has 0 saturated carbocycles. The second-order valence-electron chi connectivity index (χ2n) is 5.70. The van der Waals surface area contributed by atoms with Crippen LogP contribution >= 0.6 is 0 Å². The van der Waals surface area contributed by atoms with Gasteiger partial charge in [0.15, 0.2) is 6.73 Å². The topological polar surface area (TPSA) is 74.0 Å². The number of amides is 1. The monoisotopic (exact) mass is 361 g/mol. The van der Waals surface area contributed by atoms with Crippen LogP contribution in [0.2, 0.25) is 0 Å². The Kier molecular flexibility index (Phi) is 4.97. The third-order valence-corrected chi connectivity index (χ3v) is 3.66. The molecule has 9 heteroatoms. The quantitative estimate of drug-likeness (QED) is 0.730. The van der Waals surface area contributed by atoms with Crippen molar-refractivity contribution in [3.8, 4) is 5.75 Å². The van der Waals surface area contributed by atoms with E-state index in [1.165, 1.54) is 16.9 Å². The van der Waals surface area contributed by atoms with Crippen molar-refractivity contribution in [2.75, 3.05) is 5.32 Å². The number of nitrogens with zero attached hydrogens (tertiary/aromatic N) is 4. The molecule has 7 nitrogen and oxygen atoms in total. The molecule has 0 radical (unpaired) electrons. The van der Waals surface area contributed by atoms with Crippen molar-refractivity contribution in [3.63, 3.8) is 0 Å². The number of anilines is 1. The molecule has 1 amide bonds. The van der Waals surface area contributed by atoms with Gasteiger partial charge in [-0.2, -0.15) is 23.7 Å². The summed E-state index contributed by atoms with van der Waals surface area (Å²) < 4.78 is 33.1. The maximum absolute atomic E-state index is 12.8. The van der Waals surface area contributed by atoms with Gasteiger partial charge in [0.1, 0.15) is 11.4 Å². The highest BCUT2D eigenvalue weighted by molar-refractivity contribution is 6.02. The highest BCUT2D eigenvalue weighted by atomic mass is 19.3. The molecule has 0 unspecified atom stereocenters. The van der Waals surface area contributed by atoms with Crippen molar-refractivity contribution < 1.29 is 18.3 Å². The molecule has 2 aromatic heterocycles. The summed E-state index contributed by atoms with van der Waals surface area (Å²) in [4.78, 5) is 12.1. The Balaban J connectivity index is 1.62. The third kappa shape index (κ3) is 3.88. The van der Waals surface area contributed by atoms with Gasteiger partial charge in [-0.25, -0.2) is 4.68 Å². The van der Waals surface area contributed by atoms with E-state index in [0.29, 0.717) is 10.4 Å². The van der Waals surface area contributed by atoms with E-state index in [1.807, 2.05) is 32.0 Å². The Labute approximate surface area is 148 Å².